The first kappa shape index (κ1) is 12.5. The topological polar surface area (TPSA) is 47.3 Å². The van der Waals surface area contributed by atoms with Gasteiger partial charge in [-0.25, -0.2) is 0 Å². The molecule has 3 rings (SSSR count). The number of rotatable bonds is 4. The average Bonchev–Trinajstić information content (AvgIpc) is 2.89. The molecule has 20 heavy (non-hydrogen) atoms. The highest BCUT2D eigenvalue weighted by molar-refractivity contribution is 5.74. The minimum Gasteiger partial charge on any atom is -0.497 e. The molecule has 1 unspecified atom stereocenters. The van der Waals surface area contributed by atoms with Crippen LogP contribution in [0.1, 0.15) is 18.5 Å². The number of oxazole rings is 1. The zero-order chi connectivity index (χ0) is 13.9. The molecular formula is C16H16N2O2. The molecule has 0 saturated carbocycles. The molecule has 3 aromatic rings. The van der Waals surface area contributed by atoms with E-state index in [2.05, 4.69) is 17.2 Å². The summed E-state index contributed by atoms with van der Waals surface area (Å²) >= 11 is 0. The van der Waals surface area contributed by atoms with E-state index in [1.54, 1.807) is 7.11 Å². The van der Waals surface area contributed by atoms with Crippen LogP contribution in [0.15, 0.2) is 52.9 Å². The van der Waals surface area contributed by atoms with Crippen LogP contribution in [0.25, 0.3) is 11.1 Å². The van der Waals surface area contributed by atoms with Gasteiger partial charge >= 0.3 is 0 Å². The highest BCUT2D eigenvalue weighted by atomic mass is 16.5. The van der Waals surface area contributed by atoms with E-state index in [1.807, 2.05) is 48.5 Å². The highest BCUT2D eigenvalue weighted by Crippen LogP contribution is 2.24. The van der Waals surface area contributed by atoms with Crippen molar-refractivity contribution in [1.82, 2.24) is 4.98 Å². The molecule has 0 amide bonds. The number of ether oxygens (including phenoxy) is 1. The zero-order valence-corrected chi connectivity index (χ0v) is 11.5. The molecular weight excluding hydrogens is 252 g/mol. The largest absolute Gasteiger partial charge is 0.497 e. The van der Waals surface area contributed by atoms with Crippen LogP contribution in [0, 0.1) is 0 Å². The molecule has 1 atom stereocenters. The van der Waals surface area contributed by atoms with Crippen LogP contribution in [-0.4, -0.2) is 12.1 Å². The molecule has 4 heteroatoms. The fourth-order valence-corrected chi connectivity index (χ4v) is 2.10. The van der Waals surface area contributed by atoms with E-state index in [4.69, 9.17) is 9.15 Å². The summed E-state index contributed by atoms with van der Waals surface area (Å²) in [6.07, 6.45) is 0. The van der Waals surface area contributed by atoms with Gasteiger partial charge in [-0.2, -0.15) is 4.98 Å². The van der Waals surface area contributed by atoms with Crippen molar-refractivity contribution in [2.24, 2.45) is 0 Å². The van der Waals surface area contributed by atoms with E-state index in [0.29, 0.717) is 6.01 Å². The number of anilines is 1. The van der Waals surface area contributed by atoms with E-state index in [-0.39, 0.29) is 6.04 Å². The number of nitrogens with one attached hydrogen (secondary N) is 1. The summed E-state index contributed by atoms with van der Waals surface area (Å²) in [5, 5.41) is 3.27. The molecule has 4 nitrogen and oxygen atoms in total. The third-order valence-electron chi connectivity index (χ3n) is 3.25. The quantitative estimate of drug-likeness (QED) is 0.776. The maximum atomic E-state index is 5.66. The first-order chi connectivity index (χ1) is 9.76. The van der Waals surface area contributed by atoms with E-state index in [9.17, 15) is 0 Å². The molecule has 0 fully saturated rings. The van der Waals surface area contributed by atoms with Gasteiger partial charge in [-0.15, -0.1) is 0 Å². The van der Waals surface area contributed by atoms with Crippen LogP contribution in [0.4, 0.5) is 6.01 Å². The molecule has 1 aromatic heterocycles. The SMILES string of the molecule is COc1ccc(C(C)Nc2nc3ccccc3o2)cc1. The maximum absolute atomic E-state index is 5.66. The van der Waals surface area contributed by atoms with Crippen molar-refractivity contribution in [2.45, 2.75) is 13.0 Å². The first-order valence-electron chi connectivity index (χ1n) is 6.52. The highest BCUT2D eigenvalue weighted by Gasteiger charge is 2.10. The lowest BCUT2D eigenvalue weighted by Crippen LogP contribution is -2.06. The Morgan fingerprint density at radius 3 is 2.55 bits per heavy atom. The third kappa shape index (κ3) is 2.45. The predicted molar refractivity (Wildman–Crippen MR) is 79.0 cm³/mol. The molecule has 0 bridgehead atoms. The van der Waals surface area contributed by atoms with Gasteiger partial charge in [-0.3, -0.25) is 0 Å². The number of benzene rings is 2. The van der Waals surface area contributed by atoms with Gasteiger partial charge in [0.05, 0.1) is 13.2 Å². The smallest absolute Gasteiger partial charge is 0.296 e. The Bertz CT molecular complexity index is 671. The summed E-state index contributed by atoms with van der Waals surface area (Å²) in [5.41, 5.74) is 2.79. The lowest BCUT2D eigenvalue weighted by Gasteiger charge is -2.12. The van der Waals surface area contributed by atoms with Gasteiger partial charge < -0.3 is 14.5 Å². The Kier molecular flexibility index (Phi) is 3.29. The maximum Gasteiger partial charge on any atom is 0.296 e. The van der Waals surface area contributed by atoms with Gasteiger partial charge in [0.1, 0.15) is 11.3 Å². The van der Waals surface area contributed by atoms with E-state index in [0.717, 1.165) is 22.4 Å². The summed E-state index contributed by atoms with van der Waals surface area (Å²) in [6.45, 7) is 2.07. The molecule has 0 aliphatic rings. The second-order valence-electron chi connectivity index (χ2n) is 4.63. The van der Waals surface area contributed by atoms with Crippen molar-refractivity contribution >= 4 is 17.1 Å². The Morgan fingerprint density at radius 2 is 1.85 bits per heavy atom. The molecule has 2 aromatic carbocycles. The molecule has 0 saturated heterocycles. The lowest BCUT2D eigenvalue weighted by atomic mass is 10.1. The number of fused-ring (bicyclic) bond motifs is 1. The molecule has 0 aliphatic heterocycles. The minimum absolute atomic E-state index is 0.106. The van der Waals surface area contributed by atoms with E-state index < -0.39 is 0 Å². The summed E-state index contributed by atoms with van der Waals surface area (Å²) in [7, 11) is 1.66. The van der Waals surface area contributed by atoms with Gasteiger partial charge in [-0.05, 0) is 36.8 Å². The molecule has 1 heterocycles. The number of hydrogen-bond acceptors (Lipinski definition) is 4. The molecule has 0 spiro atoms. The summed E-state index contributed by atoms with van der Waals surface area (Å²) in [4.78, 5) is 4.41. The van der Waals surface area contributed by atoms with Crippen LogP contribution < -0.4 is 10.1 Å². The number of methoxy groups -OCH3 is 1. The number of hydrogen-bond donors (Lipinski definition) is 1. The van der Waals surface area contributed by atoms with Crippen LogP contribution in [-0.2, 0) is 0 Å². The molecule has 1 N–H and O–H groups in total. The second-order valence-corrected chi connectivity index (χ2v) is 4.63. The Hall–Kier alpha value is -2.49. The van der Waals surface area contributed by atoms with E-state index in [1.165, 1.54) is 0 Å². The van der Waals surface area contributed by atoms with Crippen molar-refractivity contribution in [3.63, 3.8) is 0 Å². The first-order valence-corrected chi connectivity index (χ1v) is 6.52. The number of nitrogens with zero attached hydrogens (tertiary/aromatic N) is 1. The monoisotopic (exact) mass is 268 g/mol. The van der Waals surface area contributed by atoms with Gasteiger partial charge in [-0.1, -0.05) is 24.3 Å². The van der Waals surface area contributed by atoms with Crippen molar-refractivity contribution in [3.05, 3.63) is 54.1 Å². The van der Waals surface area contributed by atoms with Gasteiger partial charge in [0.25, 0.3) is 6.01 Å². The van der Waals surface area contributed by atoms with Crippen molar-refractivity contribution in [1.29, 1.82) is 0 Å². The summed E-state index contributed by atoms with van der Waals surface area (Å²) in [6, 6.07) is 16.3. The predicted octanol–water partition coefficient (Wildman–Crippen LogP) is 4.01. The van der Waals surface area contributed by atoms with Crippen LogP contribution in [0.2, 0.25) is 0 Å². The standard InChI is InChI=1S/C16H16N2O2/c1-11(12-7-9-13(19-2)10-8-12)17-16-18-14-5-3-4-6-15(14)20-16/h3-11H,1-2H3,(H,17,18). The normalized spacial score (nSPS) is 12.3. The van der Waals surface area contributed by atoms with Crippen LogP contribution in [0.3, 0.4) is 0 Å². The average molecular weight is 268 g/mol. The van der Waals surface area contributed by atoms with Crippen molar-refractivity contribution < 1.29 is 9.15 Å². The second kappa shape index (κ2) is 5.25. The number of aromatic nitrogens is 1. The third-order valence-corrected chi connectivity index (χ3v) is 3.25. The lowest BCUT2D eigenvalue weighted by molar-refractivity contribution is 0.414. The van der Waals surface area contributed by atoms with Gasteiger partial charge in [0, 0.05) is 0 Å². The molecule has 0 radical (unpaired) electrons. The zero-order valence-electron chi connectivity index (χ0n) is 11.5. The molecule has 102 valence electrons. The van der Waals surface area contributed by atoms with Gasteiger partial charge in [0.15, 0.2) is 5.58 Å². The van der Waals surface area contributed by atoms with Crippen molar-refractivity contribution in [3.8, 4) is 5.75 Å². The number of para-hydroxylation sites is 2. The fourth-order valence-electron chi connectivity index (χ4n) is 2.10. The Balaban J connectivity index is 1.78. The molecule has 0 aliphatic carbocycles. The Labute approximate surface area is 117 Å². The fraction of sp³-hybridized carbons (Fsp3) is 0.188. The van der Waals surface area contributed by atoms with Crippen LogP contribution in [0.5, 0.6) is 5.75 Å². The summed E-state index contributed by atoms with van der Waals surface area (Å²) < 4.78 is 10.8. The van der Waals surface area contributed by atoms with E-state index >= 15 is 0 Å². The minimum atomic E-state index is 0.106. The summed E-state index contributed by atoms with van der Waals surface area (Å²) in [5.74, 6) is 0.850. The Morgan fingerprint density at radius 1 is 1.10 bits per heavy atom. The van der Waals surface area contributed by atoms with Crippen LogP contribution >= 0.6 is 0 Å². The van der Waals surface area contributed by atoms with Crippen molar-refractivity contribution in [2.75, 3.05) is 12.4 Å². The van der Waals surface area contributed by atoms with Gasteiger partial charge in [0.2, 0.25) is 0 Å².